The van der Waals surface area contributed by atoms with Crippen LogP contribution in [0.5, 0.6) is 0 Å². The molecule has 8 heterocycles. The summed E-state index contributed by atoms with van der Waals surface area (Å²) in [5.74, 6) is -3.24. The van der Waals surface area contributed by atoms with Crippen molar-refractivity contribution in [1.29, 1.82) is 0 Å². The van der Waals surface area contributed by atoms with Gasteiger partial charge < -0.3 is 36.6 Å². The number of halogens is 2. The molecule has 0 atom stereocenters. The number of rotatable bonds is 14. The number of carboxylic acids is 1. The van der Waals surface area contributed by atoms with Gasteiger partial charge in [0.15, 0.2) is 5.82 Å². The van der Waals surface area contributed by atoms with Crippen LogP contribution in [0, 0.1) is 10.8 Å². The highest BCUT2D eigenvalue weighted by Crippen LogP contribution is 2.30. The lowest BCUT2D eigenvalue weighted by Crippen LogP contribution is -2.56. The highest BCUT2D eigenvalue weighted by Gasteiger charge is 2.38. The second-order valence-electron chi connectivity index (χ2n) is 20.9. The monoisotopic (exact) mass is 1150 g/mol. The molecule has 6 N–H and O–H groups in total. The van der Waals surface area contributed by atoms with Crippen molar-refractivity contribution in [3.8, 4) is 0 Å². The number of hydrogen-bond acceptors (Lipinski definition) is 15. The van der Waals surface area contributed by atoms with Gasteiger partial charge in [-0.15, -0.1) is 5.10 Å². The first kappa shape index (κ1) is 58.8. The Morgan fingerprint density at radius 1 is 0.585 bits per heavy atom. The third-order valence-corrected chi connectivity index (χ3v) is 13.6. The summed E-state index contributed by atoms with van der Waals surface area (Å²) in [5.41, 5.74) is 6.58. The SMILES string of the molecule is CC1(C)CN(C(=O)Cn2c(=O)c(C(=O)NCc3ccc(Cl)cc3)cc3cc(C(=O)Nc4cccnn4)cnc32)C1.CC1(C)CN(C(=O)Cn2c(=O)c(C(=O)NCc3ccc(Cl)cc3)cc3cc(C(=O)O)cnc32)C1.NCc1ccnnc1. The number of carboxylic acid groups (broad SMARTS) is 1. The Balaban J connectivity index is 0.000000191. The average molecular weight is 1150 g/mol. The van der Waals surface area contributed by atoms with Gasteiger partial charge in [-0.25, -0.2) is 14.8 Å². The smallest absolute Gasteiger partial charge is 0.337 e. The van der Waals surface area contributed by atoms with Crippen molar-refractivity contribution < 1.29 is 33.9 Å². The van der Waals surface area contributed by atoms with Gasteiger partial charge in [0.05, 0.1) is 17.3 Å². The van der Waals surface area contributed by atoms with E-state index in [1.54, 1.807) is 82.9 Å². The maximum absolute atomic E-state index is 13.5. The van der Waals surface area contributed by atoms with Crippen LogP contribution in [0.25, 0.3) is 22.1 Å². The van der Waals surface area contributed by atoms with Crippen molar-refractivity contribution in [3.63, 3.8) is 0 Å². The van der Waals surface area contributed by atoms with E-state index >= 15 is 0 Å². The third-order valence-electron chi connectivity index (χ3n) is 13.0. The first-order chi connectivity index (χ1) is 39.1. The highest BCUT2D eigenvalue weighted by atomic mass is 35.5. The molecule has 25 heteroatoms. The average Bonchev–Trinajstić information content (AvgIpc) is 3.63. The number of carbonyl (C=O) groups is 6. The summed E-state index contributed by atoms with van der Waals surface area (Å²) in [6.45, 7) is 10.7. The normalized spacial score (nSPS) is 13.7. The van der Waals surface area contributed by atoms with Gasteiger partial charge in [-0.3, -0.25) is 42.7 Å². The van der Waals surface area contributed by atoms with E-state index < -0.39 is 34.8 Å². The summed E-state index contributed by atoms with van der Waals surface area (Å²) in [5, 5.41) is 33.9. The minimum absolute atomic E-state index is 0.00966. The predicted molar refractivity (Wildman–Crippen MR) is 305 cm³/mol. The summed E-state index contributed by atoms with van der Waals surface area (Å²) < 4.78 is 2.32. The molecule has 0 spiro atoms. The lowest BCUT2D eigenvalue weighted by molar-refractivity contribution is -0.142. The van der Waals surface area contributed by atoms with Gasteiger partial charge in [0.25, 0.3) is 28.8 Å². The van der Waals surface area contributed by atoms with Crippen LogP contribution < -0.4 is 32.8 Å². The highest BCUT2D eigenvalue weighted by molar-refractivity contribution is 6.30. The van der Waals surface area contributed by atoms with Crippen molar-refractivity contribution >= 4 is 86.6 Å². The van der Waals surface area contributed by atoms with Crippen LogP contribution in [-0.2, 0) is 42.3 Å². The number of benzene rings is 2. The molecule has 2 aromatic carbocycles. The number of pyridine rings is 4. The van der Waals surface area contributed by atoms with Gasteiger partial charge in [0.1, 0.15) is 35.5 Å². The summed E-state index contributed by atoms with van der Waals surface area (Å²) in [6.07, 6.45) is 7.19. The maximum atomic E-state index is 13.5. The third kappa shape index (κ3) is 14.7. The lowest BCUT2D eigenvalue weighted by Gasteiger charge is -2.45. The number of carbonyl (C=O) groups excluding carboxylic acids is 5. The van der Waals surface area contributed by atoms with E-state index in [0.717, 1.165) is 27.5 Å². The van der Waals surface area contributed by atoms with Crippen molar-refractivity contribution in [2.75, 3.05) is 31.5 Å². The van der Waals surface area contributed by atoms with E-state index in [9.17, 15) is 43.5 Å². The molecule has 2 aliphatic rings. The molecule has 0 aliphatic carbocycles. The minimum Gasteiger partial charge on any atom is -0.478 e. The van der Waals surface area contributed by atoms with Crippen LogP contribution in [0.15, 0.2) is 132 Å². The van der Waals surface area contributed by atoms with Gasteiger partial charge >= 0.3 is 5.97 Å². The van der Waals surface area contributed by atoms with Crippen LogP contribution >= 0.6 is 23.2 Å². The molecule has 0 saturated carbocycles. The van der Waals surface area contributed by atoms with E-state index in [0.29, 0.717) is 48.2 Å². The molecule has 0 unspecified atom stereocenters. The molecule has 422 valence electrons. The second-order valence-corrected chi connectivity index (χ2v) is 21.8. The first-order valence-corrected chi connectivity index (χ1v) is 26.3. The summed E-state index contributed by atoms with van der Waals surface area (Å²) in [4.78, 5) is 115. The van der Waals surface area contributed by atoms with E-state index in [-0.39, 0.29) is 93.6 Å². The number of aromatic nitrogens is 8. The van der Waals surface area contributed by atoms with Crippen LogP contribution in [0.4, 0.5) is 5.82 Å². The number of nitrogens with zero attached hydrogens (tertiary/aromatic N) is 10. The Bertz CT molecular complexity index is 3830. The number of nitrogens with two attached hydrogens (primary N) is 1. The van der Waals surface area contributed by atoms with Crippen LogP contribution in [0.1, 0.15) is 85.8 Å². The number of hydrogen-bond donors (Lipinski definition) is 5. The fourth-order valence-electron chi connectivity index (χ4n) is 8.94. The van der Waals surface area contributed by atoms with Crippen LogP contribution in [0.2, 0.25) is 10.0 Å². The van der Waals surface area contributed by atoms with Gasteiger partial charge in [0, 0.05) is 91.4 Å². The standard InChI is InChI=1S/C28H26ClN7O4.C24H23ClN4O5.C5H7N3/c1-28(2)15-35(16-28)23(37)14-36-24-18(10-19(13-30-24)25(38)33-22-4-3-9-32-34-22)11-21(27(36)40)26(39)31-12-17-5-7-20(29)8-6-17;1-24(2)12-28(13-24)19(30)11-29-20-15(7-16(10-26-20)23(33)34)8-18(22(29)32)21(31)27-9-14-3-5-17(25)6-4-14;6-3-5-1-2-7-8-4-5/h3-11,13H,12,14-16H2,1-2H3,(H,31,39)(H,33,34,38);3-8,10H,9,11-13H2,1-2H3,(H,27,31)(H,33,34);1-2,4H,3,6H2. The summed E-state index contributed by atoms with van der Waals surface area (Å²) in [7, 11) is 0. The molecule has 23 nitrogen and oxygen atoms in total. The number of nitrogens with one attached hydrogen (secondary N) is 3. The zero-order chi connectivity index (χ0) is 58.9. The summed E-state index contributed by atoms with van der Waals surface area (Å²) >= 11 is 11.8. The molecule has 5 amide bonds. The predicted octanol–water partition coefficient (Wildman–Crippen LogP) is 5.37. The minimum atomic E-state index is -1.19. The topological polar surface area (TPSA) is 313 Å². The molecule has 82 heavy (non-hydrogen) atoms. The quantitative estimate of drug-likeness (QED) is 0.0914. The van der Waals surface area contributed by atoms with Gasteiger partial charge in [0.2, 0.25) is 11.8 Å². The molecule has 2 fully saturated rings. The molecule has 10 rings (SSSR count). The molecule has 8 aromatic rings. The molecule has 6 aromatic heterocycles. The van der Waals surface area contributed by atoms with Gasteiger partial charge in [-0.1, -0.05) is 75.2 Å². The molecule has 0 radical (unpaired) electrons. The fraction of sp³-hybridized carbons (Fsp3) is 0.263. The van der Waals surface area contributed by atoms with E-state index in [4.69, 9.17) is 28.9 Å². The maximum Gasteiger partial charge on any atom is 0.337 e. The Hall–Kier alpha value is -9.32. The fourth-order valence-corrected chi connectivity index (χ4v) is 9.19. The van der Waals surface area contributed by atoms with Gasteiger partial charge in [-0.2, -0.15) is 15.3 Å². The van der Waals surface area contributed by atoms with E-state index in [1.807, 2.05) is 19.9 Å². The number of amides is 5. The Morgan fingerprint density at radius 3 is 1.46 bits per heavy atom. The van der Waals surface area contributed by atoms with Crippen molar-refractivity contribution in [1.82, 2.24) is 59.9 Å². The Labute approximate surface area is 478 Å². The molecular formula is C57H56Cl2N14O9. The molecule has 0 bridgehead atoms. The van der Waals surface area contributed by atoms with Crippen LogP contribution in [-0.4, -0.2) is 116 Å². The molecule has 2 aliphatic heterocycles. The second kappa shape index (κ2) is 25.4. The van der Waals surface area contributed by atoms with Gasteiger partial charge in [-0.05, 0) is 94.3 Å². The van der Waals surface area contributed by atoms with Crippen molar-refractivity contribution in [2.45, 2.75) is 60.4 Å². The van der Waals surface area contributed by atoms with E-state index in [2.05, 4.69) is 60.2 Å². The zero-order valence-electron chi connectivity index (χ0n) is 44.9. The lowest BCUT2D eigenvalue weighted by atomic mass is 9.84. The van der Waals surface area contributed by atoms with E-state index in [1.165, 1.54) is 41.2 Å². The van der Waals surface area contributed by atoms with Crippen LogP contribution in [0.3, 0.4) is 0 Å². The summed E-state index contributed by atoms with van der Waals surface area (Å²) in [6, 6.07) is 24.4. The number of fused-ring (bicyclic) bond motifs is 2. The number of aromatic carboxylic acids is 1. The van der Waals surface area contributed by atoms with Crippen molar-refractivity contribution in [2.24, 2.45) is 16.6 Å². The number of likely N-dealkylation sites (tertiary alicyclic amines) is 2. The van der Waals surface area contributed by atoms with Crippen molar-refractivity contribution in [3.05, 3.63) is 192 Å². The number of anilines is 1. The molecular weight excluding hydrogens is 1100 g/mol. The molecule has 2 saturated heterocycles. The Kier molecular flexibility index (Phi) is 18.2. The zero-order valence-corrected chi connectivity index (χ0v) is 46.4. The largest absolute Gasteiger partial charge is 0.478 e. The first-order valence-electron chi connectivity index (χ1n) is 25.5. The Morgan fingerprint density at radius 2 is 1.06 bits per heavy atom.